The normalized spacial score (nSPS) is 10.3. The molecule has 0 saturated carbocycles. The van der Waals surface area contributed by atoms with Crippen molar-refractivity contribution in [3.63, 3.8) is 0 Å². The molecule has 0 unspecified atom stereocenters. The highest BCUT2D eigenvalue weighted by atomic mass is 16.5. The molecule has 0 fully saturated rings. The molecule has 3 nitrogen and oxygen atoms in total. The van der Waals surface area contributed by atoms with Crippen molar-refractivity contribution in [1.82, 2.24) is 0 Å². The van der Waals surface area contributed by atoms with Crippen molar-refractivity contribution < 1.29 is 14.6 Å². The van der Waals surface area contributed by atoms with E-state index in [0.29, 0.717) is 18.8 Å². The molecule has 0 heterocycles. The Morgan fingerprint density at radius 3 is 1.73 bits per heavy atom. The topological polar surface area (TPSA) is 46.5 Å². The minimum atomic E-state index is -0.263. The largest absolute Gasteiger partial charge is 0.462 e. The second-order valence-electron chi connectivity index (χ2n) is 7.59. The zero-order valence-corrected chi connectivity index (χ0v) is 17.9. The summed E-state index contributed by atoms with van der Waals surface area (Å²) in [5.41, 5.74) is 2.42. The van der Waals surface area contributed by atoms with Crippen LogP contribution in [0.25, 0.3) is 0 Å². The minimum Gasteiger partial charge on any atom is -0.462 e. The first-order valence-electron chi connectivity index (χ1n) is 11.2. The second-order valence-corrected chi connectivity index (χ2v) is 7.59. The monoisotopic (exact) mass is 406 g/mol. The van der Waals surface area contributed by atoms with E-state index in [0.717, 1.165) is 36.8 Å². The first-order chi connectivity index (χ1) is 14.8. The summed E-state index contributed by atoms with van der Waals surface area (Å²) < 4.78 is 5.38. The van der Waals surface area contributed by atoms with Gasteiger partial charge in [-0.1, -0.05) is 81.4 Å². The summed E-state index contributed by atoms with van der Waals surface area (Å²) in [7, 11) is 0. The maximum absolute atomic E-state index is 12.1. The molecule has 2 aromatic carbocycles. The zero-order valence-electron chi connectivity index (χ0n) is 17.9. The summed E-state index contributed by atoms with van der Waals surface area (Å²) in [6.45, 7) is 0.800. The number of ether oxygens (including phenoxy) is 1. The van der Waals surface area contributed by atoms with Crippen molar-refractivity contribution in [1.29, 1.82) is 0 Å². The summed E-state index contributed by atoms with van der Waals surface area (Å²) in [6.07, 6.45) is 11.6. The number of esters is 1. The van der Waals surface area contributed by atoms with Crippen LogP contribution in [-0.4, -0.2) is 24.3 Å². The number of carbonyl (C=O) groups excluding carboxylic acids is 1. The van der Waals surface area contributed by atoms with Gasteiger partial charge >= 0.3 is 5.97 Å². The fourth-order valence-electron chi connectivity index (χ4n) is 3.23. The lowest BCUT2D eigenvalue weighted by molar-refractivity contribution is 0.0497. The number of unbranched alkanes of at least 4 members (excludes halogenated alkanes) is 9. The van der Waals surface area contributed by atoms with Crippen LogP contribution >= 0.6 is 0 Å². The predicted octanol–water partition coefficient (Wildman–Crippen LogP) is 6.14. The van der Waals surface area contributed by atoms with E-state index in [2.05, 4.69) is 11.8 Å². The number of aliphatic hydroxyl groups excluding tert-OH is 1. The molecule has 0 aliphatic heterocycles. The zero-order chi connectivity index (χ0) is 21.3. The Kier molecular flexibility index (Phi) is 12.1. The van der Waals surface area contributed by atoms with Crippen molar-refractivity contribution >= 4 is 5.97 Å². The van der Waals surface area contributed by atoms with Gasteiger partial charge in [0, 0.05) is 17.7 Å². The van der Waals surface area contributed by atoms with Gasteiger partial charge in [-0.25, -0.2) is 4.79 Å². The van der Waals surface area contributed by atoms with Crippen LogP contribution < -0.4 is 0 Å². The van der Waals surface area contributed by atoms with Gasteiger partial charge in [-0.15, -0.1) is 0 Å². The van der Waals surface area contributed by atoms with Crippen molar-refractivity contribution in [2.24, 2.45) is 0 Å². The van der Waals surface area contributed by atoms with E-state index in [1.54, 1.807) is 12.1 Å². The highest BCUT2D eigenvalue weighted by Crippen LogP contribution is 2.11. The highest BCUT2D eigenvalue weighted by molar-refractivity contribution is 5.89. The molecule has 3 heteroatoms. The first-order valence-corrected chi connectivity index (χ1v) is 11.2. The van der Waals surface area contributed by atoms with Gasteiger partial charge in [0.15, 0.2) is 0 Å². The number of hydrogen-bond donors (Lipinski definition) is 1. The number of benzene rings is 2. The fourth-order valence-corrected chi connectivity index (χ4v) is 3.23. The van der Waals surface area contributed by atoms with Crippen molar-refractivity contribution in [3.05, 3.63) is 71.3 Å². The summed E-state index contributed by atoms with van der Waals surface area (Å²) in [5, 5.41) is 8.74. The van der Waals surface area contributed by atoms with Gasteiger partial charge in [-0.05, 0) is 49.2 Å². The standard InChI is InChI=1S/C27H34O3/c28-22-12-7-5-3-1-2-4-6-8-13-23-30-27(29)26-20-18-25(19-21-26)17-16-24-14-10-9-11-15-24/h9-11,14-15,18-21,28H,1-8,12-13,22-23H2. The third kappa shape index (κ3) is 10.3. The number of carbonyl (C=O) groups is 1. The number of hydrogen-bond acceptors (Lipinski definition) is 3. The fraction of sp³-hybridized carbons (Fsp3) is 0.444. The van der Waals surface area contributed by atoms with Crippen LogP contribution in [0.3, 0.4) is 0 Å². The molecule has 0 spiro atoms. The van der Waals surface area contributed by atoms with E-state index in [1.165, 1.54) is 38.5 Å². The van der Waals surface area contributed by atoms with Crippen molar-refractivity contribution in [2.75, 3.05) is 13.2 Å². The lowest BCUT2D eigenvalue weighted by Gasteiger charge is -2.05. The van der Waals surface area contributed by atoms with Crippen LogP contribution in [0.2, 0.25) is 0 Å². The average molecular weight is 407 g/mol. The molecule has 0 saturated heterocycles. The minimum absolute atomic E-state index is 0.263. The SMILES string of the molecule is O=C(OCCCCCCCCCCCCO)c1ccc(C#Cc2ccccc2)cc1. The lowest BCUT2D eigenvalue weighted by Crippen LogP contribution is -2.06. The van der Waals surface area contributed by atoms with Gasteiger partial charge in [0.25, 0.3) is 0 Å². The Morgan fingerprint density at radius 2 is 1.17 bits per heavy atom. The molecular formula is C27H34O3. The molecule has 0 aliphatic rings. The lowest BCUT2D eigenvalue weighted by atomic mass is 10.1. The van der Waals surface area contributed by atoms with Gasteiger partial charge in [-0.2, -0.15) is 0 Å². The van der Waals surface area contributed by atoms with Gasteiger partial charge in [0.1, 0.15) is 0 Å². The highest BCUT2D eigenvalue weighted by Gasteiger charge is 2.06. The maximum atomic E-state index is 12.1. The van der Waals surface area contributed by atoms with E-state index in [4.69, 9.17) is 9.84 Å². The number of aliphatic hydroxyl groups is 1. The van der Waals surface area contributed by atoms with E-state index in [9.17, 15) is 4.79 Å². The summed E-state index contributed by atoms with van der Waals surface area (Å²) >= 11 is 0. The Morgan fingerprint density at radius 1 is 0.667 bits per heavy atom. The van der Waals surface area contributed by atoms with Crippen LogP contribution in [-0.2, 0) is 4.74 Å². The van der Waals surface area contributed by atoms with Gasteiger partial charge in [-0.3, -0.25) is 0 Å². The van der Waals surface area contributed by atoms with Crippen molar-refractivity contribution in [2.45, 2.75) is 64.2 Å². The molecule has 0 bridgehead atoms. The van der Waals surface area contributed by atoms with Gasteiger partial charge in [0.05, 0.1) is 12.2 Å². The van der Waals surface area contributed by atoms with E-state index in [1.807, 2.05) is 42.5 Å². The third-order valence-corrected chi connectivity index (χ3v) is 5.03. The van der Waals surface area contributed by atoms with E-state index >= 15 is 0 Å². The van der Waals surface area contributed by atoms with Gasteiger partial charge in [0.2, 0.25) is 0 Å². The molecule has 0 atom stereocenters. The molecule has 2 aromatic rings. The molecule has 160 valence electrons. The smallest absolute Gasteiger partial charge is 0.338 e. The van der Waals surface area contributed by atoms with Crippen LogP contribution in [0.1, 0.15) is 85.7 Å². The molecule has 0 amide bonds. The van der Waals surface area contributed by atoms with E-state index in [-0.39, 0.29) is 5.97 Å². The Labute approximate surface area is 181 Å². The molecule has 0 radical (unpaired) electrons. The first kappa shape index (κ1) is 23.7. The molecule has 0 aliphatic carbocycles. The van der Waals surface area contributed by atoms with Crippen LogP contribution in [0.15, 0.2) is 54.6 Å². The Hall–Kier alpha value is -2.57. The second kappa shape index (κ2) is 15.3. The molecular weight excluding hydrogens is 372 g/mol. The summed E-state index contributed by atoms with van der Waals surface area (Å²) in [5.74, 6) is 5.96. The van der Waals surface area contributed by atoms with Crippen LogP contribution in [0.4, 0.5) is 0 Å². The van der Waals surface area contributed by atoms with E-state index < -0.39 is 0 Å². The maximum Gasteiger partial charge on any atom is 0.338 e. The summed E-state index contributed by atoms with van der Waals surface area (Å²) in [6, 6.07) is 17.1. The Balaban J connectivity index is 1.55. The molecule has 2 rings (SSSR count). The predicted molar refractivity (Wildman–Crippen MR) is 122 cm³/mol. The van der Waals surface area contributed by atoms with Crippen molar-refractivity contribution in [3.8, 4) is 11.8 Å². The average Bonchev–Trinajstić information content (AvgIpc) is 2.79. The molecule has 30 heavy (non-hydrogen) atoms. The van der Waals surface area contributed by atoms with Crippen LogP contribution in [0, 0.1) is 11.8 Å². The third-order valence-electron chi connectivity index (χ3n) is 5.03. The number of rotatable bonds is 13. The quantitative estimate of drug-likeness (QED) is 0.247. The molecule has 1 N–H and O–H groups in total. The Bertz CT molecular complexity index is 769. The molecule has 0 aromatic heterocycles. The van der Waals surface area contributed by atoms with Crippen LogP contribution in [0.5, 0.6) is 0 Å². The van der Waals surface area contributed by atoms with Gasteiger partial charge < -0.3 is 9.84 Å². The summed E-state index contributed by atoms with van der Waals surface area (Å²) in [4.78, 5) is 12.1.